The first kappa shape index (κ1) is 22.5. The minimum atomic E-state index is -0.475. The molecule has 2 aliphatic heterocycles. The van der Waals surface area contributed by atoms with Crippen LogP contribution in [0.1, 0.15) is 22.3 Å². The van der Waals surface area contributed by atoms with Crippen LogP contribution in [0.3, 0.4) is 0 Å². The Bertz CT molecular complexity index is 2180. The van der Waals surface area contributed by atoms with Crippen LogP contribution in [-0.4, -0.2) is 11.3 Å². The van der Waals surface area contributed by atoms with Crippen LogP contribution in [-0.2, 0) is 5.41 Å². The lowest BCUT2D eigenvalue weighted by Gasteiger charge is -2.46. The topological polar surface area (TPSA) is 9.29 Å². The molecule has 188 valence electrons. The maximum atomic E-state index is 8.02. The maximum absolute atomic E-state index is 8.02. The maximum Gasteiger partial charge on any atom is 0.247 e. The van der Waals surface area contributed by atoms with Crippen LogP contribution in [0.2, 0.25) is 0 Å². The third kappa shape index (κ3) is 2.67. The number of aromatic nitrogens is 1. The zero-order valence-corrected chi connectivity index (χ0v) is 22.3. The first-order chi connectivity index (χ1) is 20.3. The Morgan fingerprint density at radius 1 is 0.585 bits per heavy atom. The minimum Gasteiger partial charge on any atom is -0.312 e. The smallest absolute Gasteiger partial charge is 0.247 e. The van der Waals surface area contributed by atoms with E-state index in [1.807, 2.05) is 6.07 Å². The van der Waals surface area contributed by atoms with Gasteiger partial charge in [0.2, 0.25) is 6.71 Å². The van der Waals surface area contributed by atoms with Crippen molar-refractivity contribution in [2.45, 2.75) is 5.41 Å². The SMILES string of the molecule is [C-]#[N+]c1ccc2c3c1c1ccccc1n3-c1cccc3c1B2c1ccccc1C3(c1ccccc1)c1ccccc1. The predicted molar refractivity (Wildman–Crippen MR) is 170 cm³/mol. The summed E-state index contributed by atoms with van der Waals surface area (Å²) in [4.78, 5) is 3.98. The number of fused-ring (bicyclic) bond motifs is 7. The Morgan fingerprint density at radius 3 is 2.00 bits per heavy atom. The van der Waals surface area contributed by atoms with Gasteiger partial charge in [0.05, 0.1) is 17.5 Å². The lowest BCUT2D eigenvalue weighted by Crippen LogP contribution is -2.64. The van der Waals surface area contributed by atoms with Crippen molar-refractivity contribution in [3.8, 4) is 5.69 Å². The second-order valence-electron chi connectivity index (χ2n) is 11.1. The second-order valence-corrected chi connectivity index (χ2v) is 11.1. The Morgan fingerprint density at radius 2 is 1.24 bits per heavy atom. The van der Waals surface area contributed by atoms with Crippen molar-refractivity contribution >= 4 is 50.6 Å². The van der Waals surface area contributed by atoms with E-state index in [1.54, 1.807) is 0 Å². The number of hydrogen-bond acceptors (Lipinski definition) is 0. The predicted octanol–water partition coefficient (Wildman–Crippen LogP) is 6.86. The normalized spacial score (nSPS) is 14.0. The van der Waals surface area contributed by atoms with Crippen LogP contribution in [0.4, 0.5) is 5.69 Å². The fourth-order valence-corrected chi connectivity index (χ4v) is 7.94. The molecule has 0 amide bonds. The summed E-state index contributed by atoms with van der Waals surface area (Å²) in [6.07, 6.45) is 0. The van der Waals surface area contributed by atoms with E-state index in [4.69, 9.17) is 6.57 Å². The molecule has 2 aliphatic rings. The molecule has 0 atom stereocenters. The highest BCUT2D eigenvalue weighted by Gasteiger charge is 2.50. The summed E-state index contributed by atoms with van der Waals surface area (Å²) in [6, 6.07) is 50.7. The molecule has 0 spiro atoms. The molecular weight excluding hydrogens is 495 g/mol. The molecule has 0 N–H and O–H groups in total. The standard InChI is InChI=1S/C38H23BN2/c1-40-32-24-23-31-37-35(32)27-17-8-11-21-33(27)41(37)34-22-12-19-29-36(34)39(31)30-20-10-9-18-28(30)38(29,25-13-4-2-5-14-25)26-15-6-3-7-16-26/h2-24H. The van der Waals surface area contributed by atoms with Crippen molar-refractivity contribution in [2.75, 3.05) is 0 Å². The summed E-state index contributed by atoms with van der Waals surface area (Å²) < 4.78 is 2.43. The summed E-state index contributed by atoms with van der Waals surface area (Å²) >= 11 is 0. The average Bonchev–Trinajstić information content (AvgIpc) is 3.40. The molecule has 0 saturated heterocycles. The van der Waals surface area contributed by atoms with Gasteiger partial charge in [-0.2, -0.15) is 0 Å². The number of hydrogen-bond donors (Lipinski definition) is 0. The van der Waals surface area contributed by atoms with Gasteiger partial charge in [0.15, 0.2) is 5.69 Å². The van der Waals surface area contributed by atoms with Gasteiger partial charge in [-0.05, 0) is 50.7 Å². The Balaban J connectivity index is 1.54. The highest BCUT2D eigenvalue weighted by atomic mass is 15.0. The second kappa shape index (κ2) is 8.10. The third-order valence-corrected chi connectivity index (χ3v) is 9.36. The first-order valence-electron chi connectivity index (χ1n) is 14.1. The molecule has 0 radical (unpaired) electrons. The molecule has 0 fully saturated rings. The number of rotatable bonds is 2. The molecule has 1 aromatic heterocycles. The number of nitrogens with zero attached hydrogens (tertiary/aromatic N) is 2. The fraction of sp³-hybridized carbons (Fsp3) is 0.0263. The van der Waals surface area contributed by atoms with Gasteiger partial charge in [-0.3, -0.25) is 0 Å². The monoisotopic (exact) mass is 518 g/mol. The Labute approximate surface area is 239 Å². The van der Waals surface area contributed by atoms with Gasteiger partial charge in [-0.15, -0.1) is 0 Å². The summed E-state index contributed by atoms with van der Waals surface area (Å²) in [6.45, 7) is 8.08. The van der Waals surface area contributed by atoms with E-state index in [0.29, 0.717) is 5.69 Å². The Hall–Kier alpha value is -5.33. The zero-order valence-electron chi connectivity index (χ0n) is 22.3. The highest BCUT2D eigenvalue weighted by molar-refractivity contribution is 6.99. The van der Waals surface area contributed by atoms with Crippen LogP contribution in [0.25, 0.3) is 32.3 Å². The first-order valence-corrected chi connectivity index (χ1v) is 14.1. The lowest BCUT2D eigenvalue weighted by atomic mass is 9.29. The molecule has 0 aliphatic carbocycles. The van der Waals surface area contributed by atoms with E-state index in [2.05, 4.69) is 143 Å². The molecule has 0 bridgehead atoms. The molecule has 6 aromatic carbocycles. The van der Waals surface area contributed by atoms with Gasteiger partial charge >= 0.3 is 0 Å². The van der Waals surface area contributed by atoms with Crippen molar-refractivity contribution < 1.29 is 0 Å². The van der Waals surface area contributed by atoms with Crippen LogP contribution in [0.5, 0.6) is 0 Å². The van der Waals surface area contributed by atoms with Crippen molar-refractivity contribution in [3.63, 3.8) is 0 Å². The van der Waals surface area contributed by atoms with E-state index in [-0.39, 0.29) is 6.71 Å². The van der Waals surface area contributed by atoms with Gasteiger partial charge in [0, 0.05) is 16.6 Å². The van der Waals surface area contributed by atoms with Crippen molar-refractivity contribution in [1.29, 1.82) is 0 Å². The highest BCUT2D eigenvalue weighted by Crippen LogP contribution is 2.48. The molecule has 3 heterocycles. The molecule has 2 nitrogen and oxygen atoms in total. The largest absolute Gasteiger partial charge is 0.312 e. The summed E-state index contributed by atoms with van der Waals surface area (Å²) in [5.74, 6) is 0. The van der Waals surface area contributed by atoms with Crippen LogP contribution < -0.4 is 16.4 Å². The lowest BCUT2D eigenvalue weighted by molar-refractivity contribution is 0.750. The molecule has 7 aromatic rings. The number of para-hydroxylation sites is 1. The van der Waals surface area contributed by atoms with Crippen molar-refractivity contribution in [2.24, 2.45) is 0 Å². The van der Waals surface area contributed by atoms with Gasteiger partial charge in [0.1, 0.15) is 0 Å². The minimum absolute atomic E-state index is 0.0667. The van der Waals surface area contributed by atoms with E-state index < -0.39 is 5.41 Å². The van der Waals surface area contributed by atoms with Crippen LogP contribution in [0.15, 0.2) is 140 Å². The van der Waals surface area contributed by atoms with E-state index in [0.717, 1.165) is 21.8 Å². The summed E-state index contributed by atoms with van der Waals surface area (Å²) in [5.41, 5.74) is 12.9. The number of benzene rings is 6. The summed E-state index contributed by atoms with van der Waals surface area (Å²) in [7, 11) is 0. The van der Waals surface area contributed by atoms with E-state index >= 15 is 0 Å². The van der Waals surface area contributed by atoms with E-state index in [9.17, 15) is 0 Å². The fourth-order valence-electron chi connectivity index (χ4n) is 7.94. The van der Waals surface area contributed by atoms with Crippen LogP contribution in [0, 0.1) is 6.57 Å². The third-order valence-electron chi connectivity index (χ3n) is 9.36. The quantitative estimate of drug-likeness (QED) is 0.175. The molecule has 9 rings (SSSR count). The molecular formula is C38H23BN2. The van der Waals surface area contributed by atoms with Crippen molar-refractivity contribution in [3.05, 3.63) is 173 Å². The molecule has 0 unspecified atom stereocenters. The molecule has 3 heteroatoms. The average molecular weight is 518 g/mol. The summed E-state index contributed by atoms with van der Waals surface area (Å²) in [5, 5.41) is 2.20. The van der Waals surface area contributed by atoms with Gasteiger partial charge in [-0.25, -0.2) is 4.85 Å². The molecule has 0 saturated carbocycles. The Kier molecular flexibility index (Phi) is 4.44. The zero-order chi connectivity index (χ0) is 27.1. The van der Waals surface area contributed by atoms with Gasteiger partial charge in [-0.1, -0.05) is 133 Å². The van der Waals surface area contributed by atoms with E-state index in [1.165, 1.54) is 44.3 Å². The molecule has 41 heavy (non-hydrogen) atoms. The van der Waals surface area contributed by atoms with Gasteiger partial charge < -0.3 is 4.57 Å². The van der Waals surface area contributed by atoms with Crippen molar-refractivity contribution in [1.82, 2.24) is 4.57 Å². The van der Waals surface area contributed by atoms with Gasteiger partial charge in [0.25, 0.3) is 0 Å². The van der Waals surface area contributed by atoms with Crippen LogP contribution >= 0.6 is 0 Å².